The molecule has 0 saturated heterocycles. The van der Waals surface area contributed by atoms with E-state index in [9.17, 15) is 19.8 Å². The minimum Gasteiger partial charge on any atom is -0.545 e. The summed E-state index contributed by atoms with van der Waals surface area (Å²) < 4.78 is 0. The zero-order valence-corrected chi connectivity index (χ0v) is 13.6. The normalized spacial score (nSPS) is 9.74. The van der Waals surface area contributed by atoms with Crippen LogP contribution >= 0.6 is 0 Å². The number of hydrogen-bond donors (Lipinski definition) is 0. The van der Waals surface area contributed by atoms with E-state index in [1.165, 1.54) is 12.2 Å². The Morgan fingerprint density at radius 2 is 0.957 bits per heavy atom. The summed E-state index contributed by atoms with van der Waals surface area (Å²) in [4.78, 5) is 19.9. The van der Waals surface area contributed by atoms with Gasteiger partial charge in [-0.1, -0.05) is 72.8 Å². The Bertz CT molecular complexity index is 590. The van der Waals surface area contributed by atoms with Gasteiger partial charge in [0.25, 0.3) is 0 Å². The quantitative estimate of drug-likeness (QED) is 0.564. The van der Waals surface area contributed by atoms with Crippen molar-refractivity contribution in [1.82, 2.24) is 0 Å². The van der Waals surface area contributed by atoms with E-state index >= 15 is 0 Å². The molecule has 0 heterocycles. The van der Waals surface area contributed by atoms with Gasteiger partial charge in [-0.15, -0.1) is 0 Å². The molecule has 4 nitrogen and oxygen atoms in total. The van der Waals surface area contributed by atoms with Gasteiger partial charge in [0.2, 0.25) is 0 Å². The van der Waals surface area contributed by atoms with Gasteiger partial charge in [-0.3, -0.25) is 0 Å². The van der Waals surface area contributed by atoms with Crippen molar-refractivity contribution in [1.29, 1.82) is 0 Å². The van der Waals surface area contributed by atoms with Gasteiger partial charge < -0.3 is 19.8 Å². The van der Waals surface area contributed by atoms with Crippen molar-refractivity contribution < 1.29 is 40.2 Å². The molecule has 0 aliphatic heterocycles. The standard InChI is InChI=1S/2C9H8O2.Pd/c2*10-9(11)7-6-8-4-2-1-3-5-8;/h2*1-7H,(H,10,11);/q;;+2/p-2. The summed E-state index contributed by atoms with van der Waals surface area (Å²) >= 11 is 0. The first-order valence-corrected chi connectivity index (χ1v) is 6.46. The van der Waals surface area contributed by atoms with Gasteiger partial charge in [-0.25, -0.2) is 0 Å². The van der Waals surface area contributed by atoms with Crippen LogP contribution in [0.3, 0.4) is 0 Å². The molecule has 2 aromatic rings. The van der Waals surface area contributed by atoms with E-state index in [0.29, 0.717) is 0 Å². The van der Waals surface area contributed by atoms with E-state index in [-0.39, 0.29) is 20.4 Å². The number of carboxylic acids is 2. The number of benzene rings is 2. The van der Waals surface area contributed by atoms with Crippen LogP contribution in [0.1, 0.15) is 11.1 Å². The summed E-state index contributed by atoms with van der Waals surface area (Å²) in [5.74, 6) is -2.34. The molecule has 0 bridgehead atoms. The van der Waals surface area contributed by atoms with Crippen molar-refractivity contribution in [2.24, 2.45) is 0 Å². The molecule has 0 radical (unpaired) electrons. The van der Waals surface area contributed by atoms with Gasteiger partial charge in [-0.05, 0) is 23.3 Å². The summed E-state index contributed by atoms with van der Waals surface area (Å²) in [5, 5.41) is 19.9. The van der Waals surface area contributed by atoms with Crippen LogP contribution in [-0.4, -0.2) is 11.9 Å². The summed E-state index contributed by atoms with van der Waals surface area (Å²) in [6, 6.07) is 18.4. The zero-order chi connectivity index (χ0) is 16.2. The fourth-order valence-electron chi connectivity index (χ4n) is 1.46. The van der Waals surface area contributed by atoms with Crippen molar-refractivity contribution in [2.75, 3.05) is 0 Å². The minimum atomic E-state index is -1.17. The van der Waals surface area contributed by atoms with Crippen LogP contribution in [0.5, 0.6) is 0 Å². The maximum atomic E-state index is 9.97. The Kier molecular flexibility index (Phi) is 10.8. The predicted molar refractivity (Wildman–Crippen MR) is 81.0 cm³/mol. The molecule has 0 atom stereocenters. The molecule has 2 aromatic carbocycles. The van der Waals surface area contributed by atoms with Gasteiger partial charge in [0.05, 0.1) is 11.9 Å². The van der Waals surface area contributed by atoms with E-state index in [4.69, 9.17) is 0 Å². The smallest absolute Gasteiger partial charge is 0.545 e. The van der Waals surface area contributed by atoms with Crippen molar-refractivity contribution in [3.8, 4) is 0 Å². The van der Waals surface area contributed by atoms with Gasteiger partial charge in [0.1, 0.15) is 0 Å². The Morgan fingerprint density at radius 1 is 0.652 bits per heavy atom. The molecule has 0 saturated carbocycles. The third-order valence-electron chi connectivity index (χ3n) is 2.42. The number of carbonyl (C=O) groups excluding carboxylic acids is 2. The average molecular weight is 401 g/mol. The molecular weight excluding hydrogens is 387 g/mol. The van der Waals surface area contributed by atoms with E-state index < -0.39 is 11.9 Å². The third-order valence-corrected chi connectivity index (χ3v) is 2.42. The predicted octanol–water partition coefficient (Wildman–Crippen LogP) is 0.897. The first kappa shape index (κ1) is 20.5. The van der Waals surface area contributed by atoms with Gasteiger partial charge in [0.15, 0.2) is 0 Å². The number of carbonyl (C=O) groups is 2. The van der Waals surface area contributed by atoms with Gasteiger partial charge in [0, 0.05) is 0 Å². The van der Waals surface area contributed by atoms with Crippen LogP contribution in [0, 0.1) is 0 Å². The van der Waals surface area contributed by atoms with Crippen molar-refractivity contribution in [2.45, 2.75) is 0 Å². The SMILES string of the molecule is O=C([O-])C=Cc1ccccc1.O=C([O-])C=Cc1ccccc1.[Pd+2]. The molecular formula is C18H14O4Pd. The summed E-state index contributed by atoms with van der Waals surface area (Å²) in [5.41, 5.74) is 1.72. The average Bonchev–Trinajstić information content (AvgIpc) is 2.53. The Morgan fingerprint density at radius 3 is 1.22 bits per heavy atom. The molecule has 0 aliphatic carbocycles. The number of hydrogen-bond acceptors (Lipinski definition) is 4. The van der Waals surface area contributed by atoms with Crippen LogP contribution in [-0.2, 0) is 30.0 Å². The molecule has 5 heteroatoms. The number of rotatable bonds is 4. The van der Waals surface area contributed by atoms with Crippen molar-refractivity contribution in [3.63, 3.8) is 0 Å². The fourth-order valence-corrected chi connectivity index (χ4v) is 1.46. The molecule has 0 aromatic heterocycles. The van der Waals surface area contributed by atoms with E-state index in [1.54, 1.807) is 0 Å². The molecule has 0 amide bonds. The topological polar surface area (TPSA) is 80.3 Å². The summed E-state index contributed by atoms with van der Waals surface area (Å²) in [6.45, 7) is 0. The second-order valence-electron chi connectivity index (χ2n) is 4.13. The zero-order valence-electron chi connectivity index (χ0n) is 12.0. The van der Waals surface area contributed by atoms with Crippen LogP contribution in [0.15, 0.2) is 72.8 Å². The molecule has 0 spiro atoms. The molecule has 0 aliphatic rings. The Balaban J connectivity index is 0.000000403. The molecule has 0 unspecified atom stereocenters. The second kappa shape index (κ2) is 12.1. The largest absolute Gasteiger partial charge is 2.00 e. The number of carboxylic acid groups (broad SMARTS) is 2. The molecule has 0 N–H and O–H groups in total. The third kappa shape index (κ3) is 10.8. The van der Waals surface area contributed by atoms with Crippen LogP contribution < -0.4 is 10.2 Å². The van der Waals surface area contributed by atoms with E-state index in [1.807, 2.05) is 60.7 Å². The van der Waals surface area contributed by atoms with Crippen LogP contribution in [0.25, 0.3) is 12.2 Å². The maximum Gasteiger partial charge on any atom is 2.00 e. The van der Waals surface area contributed by atoms with Gasteiger partial charge >= 0.3 is 20.4 Å². The van der Waals surface area contributed by atoms with Crippen LogP contribution in [0.4, 0.5) is 0 Å². The monoisotopic (exact) mass is 400 g/mol. The molecule has 23 heavy (non-hydrogen) atoms. The minimum absolute atomic E-state index is 0. The molecule has 2 rings (SSSR count). The Hall–Kier alpha value is -2.48. The Labute approximate surface area is 148 Å². The molecule has 0 fully saturated rings. The number of aliphatic carboxylic acids is 2. The van der Waals surface area contributed by atoms with Crippen molar-refractivity contribution >= 4 is 24.1 Å². The van der Waals surface area contributed by atoms with Crippen LogP contribution in [0.2, 0.25) is 0 Å². The fraction of sp³-hybridized carbons (Fsp3) is 0. The van der Waals surface area contributed by atoms with E-state index in [0.717, 1.165) is 23.3 Å². The van der Waals surface area contributed by atoms with Gasteiger partial charge in [-0.2, -0.15) is 0 Å². The maximum absolute atomic E-state index is 9.97. The van der Waals surface area contributed by atoms with Crippen molar-refractivity contribution in [3.05, 3.63) is 83.9 Å². The summed E-state index contributed by atoms with van der Waals surface area (Å²) in [6.07, 6.45) is 5.01. The van der Waals surface area contributed by atoms with E-state index in [2.05, 4.69) is 0 Å². The first-order chi connectivity index (χ1) is 10.6. The second-order valence-corrected chi connectivity index (χ2v) is 4.13. The summed E-state index contributed by atoms with van der Waals surface area (Å²) in [7, 11) is 0. The molecule has 120 valence electrons. The first-order valence-electron chi connectivity index (χ1n) is 6.46.